The molecule has 1 aliphatic carbocycles. The van der Waals surface area contributed by atoms with Gasteiger partial charge >= 0.3 is 0 Å². The van der Waals surface area contributed by atoms with E-state index in [0.29, 0.717) is 18.3 Å². The van der Waals surface area contributed by atoms with E-state index in [-0.39, 0.29) is 0 Å². The van der Waals surface area contributed by atoms with Crippen molar-refractivity contribution < 1.29 is 4.74 Å². The molecule has 2 rings (SSSR count). The maximum atomic E-state index is 6.02. The third-order valence-corrected chi connectivity index (χ3v) is 5.33. The van der Waals surface area contributed by atoms with E-state index in [2.05, 4.69) is 34.5 Å². The molecule has 1 aromatic rings. The van der Waals surface area contributed by atoms with Crippen molar-refractivity contribution in [3.63, 3.8) is 0 Å². The first-order valence-electron chi connectivity index (χ1n) is 7.46. The monoisotopic (exact) mass is 389 g/mol. The van der Waals surface area contributed by atoms with Crippen LogP contribution in [0, 0.1) is 9.49 Å². The minimum absolute atomic E-state index is 0.470. The molecule has 5 heteroatoms. The quantitative estimate of drug-likeness (QED) is 0.777. The maximum Gasteiger partial charge on any atom is 0.141 e. The van der Waals surface area contributed by atoms with E-state index in [9.17, 15) is 0 Å². The first-order chi connectivity index (χ1) is 9.65. The molecule has 112 valence electrons. The van der Waals surface area contributed by atoms with Crippen LogP contribution in [0.15, 0.2) is 0 Å². The highest BCUT2D eigenvalue weighted by atomic mass is 127. The van der Waals surface area contributed by atoms with E-state index >= 15 is 0 Å². The van der Waals surface area contributed by atoms with Crippen molar-refractivity contribution in [2.75, 3.05) is 12.8 Å². The topological polar surface area (TPSA) is 61.0 Å². The van der Waals surface area contributed by atoms with Gasteiger partial charge in [0.1, 0.15) is 11.6 Å². The molecular weight excluding hydrogens is 365 g/mol. The number of rotatable bonds is 5. The number of nitrogens with two attached hydrogens (primary N) is 1. The van der Waals surface area contributed by atoms with Crippen LogP contribution in [0.2, 0.25) is 0 Å². The first kappa shape index (κ1) is 15.9. The average Bonchev–Trinajstić information content (AvgIpc) is 2.45. The average molecular weight is 389 g/mol. The Labute approximate surface area is 135 Å². The number of ether oxygens (including phenoxy) is 1. The van der Waals surface area contributed by atoms with Gasteiger partial charge in [0.25, 0.3) is 0 Å². The van der Waals surface area contributed by atoms with Crippen molar-refractivity contribution in [1.82, 2.24) is 9.97 Å². The number of hydrogen-bond acceptors (Lipinski definition) is 4. The molecule has 0 spiro atoms. The highest BCUT2D eigenvalue weighted by Gasteiger charge is 2.25. The number of halogens is 1. The lowest BCUT2D eigenvalue weighted by Gasteiger charge is -2.27. The highest BCUT2D eigenvalue weighted by molar-refractivity contribution is 14.1. The fourth-order valence-electron chi connectivity index (χ4n) is 3.07. The Morgan fingerprint density at radius 1 is 1.25 bits per heavy atom. The molecule has 20 heavy (non-hydrogen) atoms. The molecule has 1 aromatic heterocycles. The van der Waals surface area contributed by atoms with Crippen LogP contribution < -0.4 is 5.73 Å². The molecule has 0 bridgehead atoms. The summed E-state index contributed by atoms with van der Waals surface area (Å²) in [4.78, 5) is 9.21. The molecule has 1 saturated carbocycles. The lowest BCUT2D eigenvalue weighted by Crippen LogP contribution is -2.17. The van der Waals surface area contributed by atoms with Crippen molar-refractivity contribution in [1.29, 1.82) is 0 Å². The number of methoxy groups -OCH3 is 1. The fourth-order valence-corrected chi connectivity index (χ4v) is 3.46. The van der Waals surface area contributed by atoms with E-state index < -0.39 is 0 Å². The van der Waals surface area contributed by atoms with Gasteiger partial charge in [-0.15, -0.1) is 0 Å². The van der Waals surface area contributed by atoms with Crippen LogP contribution in [0.3, 0.4) is 0 Å². The standard InChI is InChI=1S/C15H24IN3O/c1-3-4-10-5-7-11(8-6-10)15-18-12(9-20-2)13(16)14(17)19-15/h10-11H,3-9H2,1-2H3,(H2,17,18,19). The minimum Gasteiger partial charge on any atom is -0.383 e. The summed E-state index contributed by atoms with van der Waals surface area (Å²) in [5.74, 6) is 2.89. The van der Waals surface area contributed by atoms with Gasteiger partial charge in [0.2, 0.25) is 0 Å². The Hall–Kier alpha value is -0.430. The Morgan fingerprint density at radius 3 is 2.55 bits per heavy atom. The second-order valence-corrected chi connectivity index (χ2v) is 6.75. The normalized spacial score (nSPS) is 22.9. The zero-order valence-electron chi connectivity index (χ0n) is 12.4. The Bertz CT molecular complexity index is 445. The van der Waals surface area contributed by atoms with E-state index in [1.54, 1.807) is 7.11 Å². The van der Waals surface area contributed by atoms with Crippen LogP contribution in [-0.4, -0.2) is 17.1 Å². The third kappa shape index (κ3) is 3.81. The number of hydrogen-bond donors (Lipinski definition) is 1. The highest BCUT2D eigenvalue weighted by Crippen LogP contribution is 2.36. The summed E-state index contributed by atoms with van der Waals surface area (Å²) in [6.07, 6.45) is 7.63. The summed E-state index contributed by atoms with van der Waals surface area (Å²) >= 11 is 2.20. The van der Waals surface area contributed by atoms with Crippen LogP contribution >= 0.6 is 22.6 Å². The molecule has 0 atom stereocenters. The van der Waals surface area contributed by atoms with Gasteiger partial charge in [-0.05, 0) is 54.2 Å². The summed E-state index contributed by atoms with van der Waals surface area (Å²) in [5, 5.41) is 0. The number of nitrogens with zero attached hydrogens (tertiary/aromatic N) is 2. The minimum atomic E-state index is 0.470. The van der Waals surface area contributed by atoms with Gasteiger partial charge in [-0.3, -0.25) is 0 Å². The molecule has 0 saturated heterocycles. The van der Waals surface area contributed by atoms with Crippen molar-refractivity contribution >= 4 is 28.4 Å². The summed E-state index contributed by atoms with van der Waals surface area (Å²) in [6, 6.07) is 0. The zero-order valence-corrected chi connectivity index (χ0v) is 14.5. The maximum absolute atomic E-state index is 6.02. The zero-order chi connectivity index (χ0) is 14.5. The van der Waals surface area contributed by atoms with Crippen LogP contribution in [0.5, 0.6) is 0 Å². The van der Waals surface area contributed by atoms with Gasteiger partial charge in [0.05, 0.1) is 15.9 Å². The van der Waals surface area contributed by atoms with Gasteiger partial charge in [0, 0.05) is 13.0 Å². The fraction of sp³-hybridized carbons (Fsp3) is 0.733. The van der Waals surface area contributed by atoms with Gasteiger partial charge in [-0.1, -0.05) is 19.8 Å². The second kappa shape index (κ2) is 7.54. The molecule has 4 nitrogen and oxygen atoms in total. The predicted octanol–water partition coefficient (Wildman–Crippen LogP) is 3.88. The molecule has 0 radical (unpaired) electrons. The van der Waals surface area contributed by atoms with Crippen LogP contribution in [0.25, 0.3) is 0 Å². The van der Waals surface area contributed by atoms with Crippen molar-refractivity contribution in [2.45, 2.75) is 58.0 Å². The molecule has 1 fully saturated rings. The van der Waals surface area contributed by atoms with Crippen LogP contribution in [0.1, 0.15) is 62.9 Å². The summed E-state index contributed by atoms with van der Waals surface area (Å²) in [6.45, 7) is 2.77. The van der Waals surface area contributed by atoms with Crippen molar-refractivity contribution in [2.24, 2.45) is 5.92 Å². The second-order valence-electron chi connectivity index (χ2n) is 5.67. The van der Waals surface area contributed by atoms with Gasteiger partial charge in [-0.2, -0.15) is 0 Å². The molecule has 1 aliphatic rings. The van der Waals surface area contributed by atoms with Gasteiger partial charge in [-0.25, -0.2) is 9.97 Å². The van der Waals surface area contributed by atoms with Gasteiger partial charge in [0.15, 0.2) is 0 Å². The molecule has 0 amide bonds. The smallest absolute Gasteiger partial charge is 0.141 e. The van der Waals surface area contributed by atoms with E-state index in [4.69, 9.17) is 15.5 Å². The molecule has 0 aromatic carbocycles. The van der Waals surface area contributed by atoms with Crippen LogP contribution in [0.4, 0.5) is 5.82 Å². The number of aromatic nitrogens is 2. The molecule has 0 unspecified atom stereocenters. The van der Waals surface area contributed by atoms with Gasteiger partial charge < -0.3 is 10.5 Å². The molecule has 0 aliphatic heterocycles. The van der Waals surface area contributed by atoms with Crippen LogP contribution in [-0.2, 0) is 11.3 Å². The SMILES string of the molecule is CCCC1CCC(c2nc(N)c(I)c(COC)n2)CC1. The largest absolute Gasteiger partial charge is 0.383 e. The molecule has 2 N–H and O–H groups in total. The lowest BCUT2D eigenvalue weighted by atomic mass is 9.80. The molecule has 1 heterocycles. The first-order valence-corrected chi connectivity index (χ1v) is 8.54. The number of anilines is 1. The number of nitrogen functional groups attached to an aromatic ring is 1. The van der Waals surface area contributed by atoms with E-state index in [0.717, 1.165) is 21.0 Å². The Kier molecular flexibility index (Phi) is 6.01. The van der Waals surface area contributed by atoms with E-state index in [1.807, 2.05) is 0 Å². The summed E-state index contributed by atoms with van der Waals surface area (Å²) in [5.41, 5.74) is 6.94. The molecular formula is C15H24IN3O. The van der Waals surface area contributed by atoms with Crippen molar-refractivity contribution in [3.05, 3.63) is 15.1 Å². The Morgan fingerprint density at radius 2 is 1.95 bits per heavy atom. The third-order valence-electron chi connectivity index (χ3n) is 4.15. The summed E-state index contributed by atoms with van der Waals surface area (Å²) < 4.78 is 6.13. The Balaban J connectivity index is 2.09. The summed E-state index contributed by atoms with van der Waals surface area (Å²) in [7, 11) is 1.68. The predicted molar refractivity (Wildman–Crippen MR) is 89.5 cm³/mol. The lowest BCUT2D eigenvalue weighted by molar-refractivity contribution is 0.180. The van der Waals surface area contributed by atoms with E-state index in [1.165, 1.54) is 38.5 Å². The van der Waals surface area contributed by atoms with Crippen molar-refractivity contribution in [3.8, 4) is 0 Å².